The first-order chi connectivity index (χ1) is 9.30. The van der Waals surface area contributed by atoms with Crippen molar-refractivity contribution < 1.29 is 0 Å². The average Bonchev–Trinajstić information content (AvgIpc) is 2.89. The average molecular weight is 252 g/mol. The number of fused-ring (bicyclic) bond motifs is 1. The molecule has 4 nitrogen and oxygen atoms in total. The summed E-state index contributed by atoms with van der Waals surface area (Å²) in [6.45, 7) is 2.59. The van der Waals surface area contributed by atoms with E-state index in [2.05, 4.69) is 41.3 Å². The van der Waals surface area contributed by atoms with E-state index in [1.165, 1.54) is 5.56 Å². The lowest BCUT2D eigenvalue weighted by Gasteiger charge is -2.02. The Labute approximate surface area is 111 Å². The summed E-state index contributed by atoms with van der Waals surface area (Å²) in [7, 11) is 0. The molecule has 2 aromatic heterocycles. The van der Waals surface area contributed by atoms with Crippen molar-refractivity contribution in [3.05, 3.63) is 53.9 Å². The summed E-state index contributed by atoms with van der Waals surface area (Å²) in [5.74, 6) is 0. The van der Waals surface area contributed by atoms with Gasteiger partial charge in [-0.1, -0.05) is 31.2 Å². The van der Waals surface area contributed by atoms with E-state index in [9.17, 15) is 0 Å². The number of hydrogen-bond donors (Lipinski definition) is 1. The highest BCUT2D eigenvalue weighted by Crippen LogP contribution is 2.18. The van der Waals surface area contributed by atoms with Crippen LogP contribution in [0.25, 0.3) is 16.9 Å². The summed E-state index contributed by atoms with van der Waals surface area (Å²) < 4.78 is 1.78. The quantitative estimate of drug-likeness (QED) is 0.778. The van der Waals surface area contributed by atoms with E-state index in [0.717, 1.165) is 29.0 Å². The molecule has 0 aliphatic rings. The molecule has 0 amide bonds. The second-order valence-electron chi connectivity index (χ2n) is 4.51. The van der Waals surface area contributed by atoms with Crippen LogP contribution in [0.1, 0.15) is 18.2 Å². The molecule has 2 N–H and O–H groups in total. The predicted octanol–water partition coefficient (Wildman–Crippen LogP) is 2.42. The van der Waals surface area contributed by atoms with Gasteiger partial charge in [0.05, 0.1) is 17.6 Å². The summed E-state index contributed by atoms with van der Waals surface area (Å²) in [6, 6.07) is 12.4. The molecule has 19 heavy (non-hydrogen) atoms. The van der Waals surface area contributed by atoms with E-state index in [0.29, 0.717) is 6.54 Å². The zero-order valence-electron chi connectivity index (χ0n) is 10.9. The molecule has 2 heterocycles. The molecule has 0 bridgehead atoms. The van der Waals surface area contributed by atoms with Crippen LogP contribution in [0.15, 0.2) is 42.6 Å². The van der Waals surface area contributed by atoms with Gasteiger partial charge in [0, 0.05) is 12.1 Å². The van der Waals surface area contributed by atoms with Crippen molar-refractivity contribution in [1.82, 2.24) is 14.6 Å². The van der Waals surface area contributed by atoms with Gasteiger partial charge in [0.15, 0.2) is 5.65 Å². The van der Waals surface area contributed by atoms with Crippen LogP contribution < -0.4 is 5.73 Å². The minimum absolute atomic E-state index is 0.434. The zero-order valence-corrected chi connectivity index (χ0v) is 10.9. The minimum Gasteiger partial charge on any atom is -0.325 e. The zero-order chi connectivity index (χ0) is 13.2. The fourth-order valence-corrected chi connectivity index (χ4v) is 2.09. The Hall–Kier alpha value is -2.20. The van der Waals surface area contributed by atoms with Gasteiger partial charge < -0.3 is 5.73 Å². The number of nitrogens with zero attached hydrogens (tertiary/aromatic N) is 3. The summed E-state index contributed by atoms with van der Waals surface area (Å²) >= 11 is 0. The van der Waals surface area contributed by atoms with Crippen molar-refractivity contribution in [2.75, 3.05) is 0 Å². The van der Waals surface area contributed by atoms with Crippen molar-refractivity contribution in [3.8, 4) is 11.3 Å². The van der Waals surface area contributed by atoms with Crippen LogP contribution in [0.4, 0.5) is 0 Å². The van der Waals surface area contributed by atoms with E-state index in [1.54, 1.807) is 4.52 Å². The van der Waals surface area contributed by atoms with Gasteiger partial charge in [-0.25, -0.2) is 9.50 Å². The van der Waals surface area contributed by atoms with Gasteiger partial charge in [0.25, 0.3) is 0 Å². The molecule has 0 fully saturated rings. The number of benzene rings is 1. The first kappa shape index (κ1) is 11.9. The first-order valence-electron chi connectivity index (χ1n) is 6.45. The van der Waals surface area contributed by atoms with E-state index in [-0.39, 0.29) is 0 Å². The van der Waals surface area contributed by atoms with Crippen LogP contribution in [-0.2, 0) is 13.0 Å². The molecule has 1 aromatic carbocycles. The molecule has 0 aliphatic carbocycles. The van der Waals surface area contributed by atoms with Gasteiger partial charge in [-0.3, -0.25) is 0 Å². The maximum atomic E-state index is 5.59. The second kappa shape index (κ2) is 4.82. The molecular formula is C15H16N4. The van der Waals surface area contributed by atoms with Gasteiger partial charge >= 0.3 is 0 Å². The number of aryl methyl sites for hydroxylation is 1. The lowest BCUT2D eigenvalue weighted by molar-refractivity contribution is 0.934. The molecule has 0 saturated heterocycles. The van der Waals surface area contributed by atoms with Crippen LogP contribution >= 0.6 is 0 Å². The van der Waals surface area contributed by atoms with Crippen LogP contribution in [0.3, 0.4) is 0 Å². The predicted molar refractivity (Wildman–Crippen MR) is 75.7 cm³/mol. The number of aromatic nitrogens is 3. The van der Waals surface area contributed by atoms with Crippen LogP contribution in [0, 0.1) is 0 Å². The summed E-state index contributed by atoms with van der Waals surface area (Å²) in [5.41, 5.74) is 10.7. The highest BCUT2D eigenvalue weighted by Gasteiger charge is 2.04. The molecular weight excluding hydrogens is 236 g/mol. The Kier molecular flexibility index (Phi) is 3.01. The largest absolute Gasteiger partial charge is 0.325 e. The standard InChI is InChI=1S/C15H16N4/c1-2-11-3-5-12(6-4-11)14-7-8-15-17-13(9-16)10-19(15)18-14/h3-8,10H,2,9,16H2,1H3. The van der Waals surface area contributed by atoms with Crippen molar-refractivity contribution >= 4 is 5.65 Å². The molecule has 0 spiro atoms. The molecule has 3 rings (SSSR count). The van der Waals surface area contributed by atoms with Gasteiger partial charge in [0.2, 0.25) is 0 Å². The molecule has 0 radical (unpaired) electrons. The van der Waals surface area contributed by atoms with Gasteiger partial charge in [0.1, 0.15) is 0 Å². The number of imidazole rings is 1. The van der Waals surface area contributed by atoms with E-state index in [1.807, 2.05) is 18.3 Å². The maximum absolute atomic E-state index is 5.59. The maximum Gasteiger partial charge on any atom is 0.153 e. The number of rotatable bonds is 3. The summed E-state index contributed by atoms with van der Waals surface area (Å²) in [5, 5.41) is 4.57. The Bertz CT molecular complexity index is 698. The Morgan fingerprint density at radius 3 is 2.58 bits per heavy atom. The van der Waals surface area contributed by atoms with Crippen molar-refractivity contribution in [3.63, 3.8) is 0 Å². The van der Waals surface area contributed by atoms with E-state index < -0.39 is 0 Å². The minimum atomic E-state index is 0.434. The fourth-order valence-electron chi connectivity index (χ4n) is 2.09. The lowest BCUT2D eigenvalue weighted by Crippen LogP contribution is -1.95. The molecule has 4 heteroatoms. The third kappa shape index (κ3) is 2.22. The summed E-state index contributed by atoms with van der Waals surface area (Å²) in [6.07, 6.45) is 2.92. The normalized spacial score (nSPS) is 11.1. The van der Waals surface area contributed by atoms with Crippen LogP contribution in [0.5, 0.6) is 0 Å². The smallest absolute Gasteiger partial charge is 0.153 e. The summed E-state index contributed by atoms with van der Waals surface area (Å²) in [4.78, 5) is 4.37. The number of nitrogens with two attached hydrogens (primary N) is 1. The Morgan fingerprint density at radius 2 is 1.89 bits per heavy atom. The topological polar surface area (TPSA) is 56.2 Å². The fraction of sp³-hybridized carbons (Fsp3) is 0.200. The van der Waals surface area contributed by atoms with Crippen molar-refractivity contribution in [2.45, 2.75) is 19.9 Å². The molecule has 96 valence electrons. The molecule has 0 aliphatic heterocycles. The number of hydrogen-bond acceptors (Lipinski definition) is 3. The molecule has 0 atom stereocenters. The highest BCUT2D eigenvalue weighted by molar-refractivity contribution is 5.60. The molecule has 0 unspecified atom stereocenters. The van der Waals surface area contributed by atoms with Crippen molar-refractivity contribution in [1.29, 1.82) is 0 Å². The molecule has 3 aromatic rings. The SMILES string of the molecule is CCc1ccc(-c2ccc3nc(CN)cn3n2)cc1. The van der Waals surface area contributed by atoms with Crippen LogP contribution in [0.2, 0.25) is 0 Å². The second-order valence-corrected chi connectivity index (χ2v) is 4.51. The monoisotopic (exact) mass is 252 g/mol. The Balaban J connectivity index is 2.03. The van der Waals surface area contributed by atoms with Crippen LogP contribution in [-0.4, -0.2) is 14.6 Å². The van der Waals surface area contributed by atoms with Gasteiger partial charge in [-0.05, 0) is 24.1 Å². The lowest BCUT2D eigenvalue weighted by atomic mass is 10.1. The van der Waals surface area contributed by atoms with Crippen molar-refractivity contribution in [2.24, 2.45) is 5.73 Å². The Morgan fingerprint density at radius 1 is 1.11 bits per heavy atom. The first-order valence-corrected chi connectivity index (χ1v) is 6.45. The van der Waals surface area contributed by atoms with E-state index in [4.69, 9.17) is 5.73 Å². The third-order valence-corrected chi connectivity index (χ3v) is 3.24. The van der Waals surface area contributed by atoms with Gasteiger partial charge in [-0.2, -0.15) is 5.10 Å². The van der Waals surface area contributed by atoms with Gasteiger partial charge in [-0.15, -0.1) is 0 Å². The third-order valence-electron chi connectivity index (χ3n) is 3.24. The molecule has 0 saturated carbocycles. The van der Waals surface area contributed by atoms with E-state index >= 15 is 0 Å². The highest BCUT2D eigenvalue weighted by atomic mass is 15.2.